The van der Waals surface area contributed by atoms with E-state index in [4.69, 9.17) is 0 Å². The lowest BCUT2D eigenvalue weighted by molar-refractivity contribution is -0.144. The molecule has 4 atom stereocenters. The molecule has 0 aromatic heterocycles. The second kappa shape index (κ2) is 12.0. The molecule has 4 amide bonds. The largest absolute Gasteiger partial charge is 0.350 e. The van der Waals surface area contributed by atoms with E-state index in [-0.39, 0.29) is 42.3 Å². The second-order valence-electron chi connectivity index (χ2n) is 9.59. The van der Waals surface area contributed by atoms with E-state index in [0.717, 1.165) is 31.2 Å². The molecule has 9 heteroatoms. The Balaban J connectivity index is 1.67. The summed E-state index contributed by atoms with van der Waals surface area (Å²) in [5.74, 6) is -0.857. The summed E-state index contributed by atoms with van der Waals surface area (Å²) in [6.07, 6.45) is 5.85. The lowest BCUT2D eigenvalue weighted by atomic mass is 9.98. The Bertz CT molecular complexity index is 963. The molecule has 0 unspecified atom stereocenters. The first-order valence-electron chi connectivity index (χ1n) is 12.3. The molecule has 0 saturated carbocycles. The van der Waals surface area contributed by atoms with Crippen LogP contribution in [0.4, 0.5) is 5.69 Å². The Morgan fingerprint density at radius 2 is 1.91 bits per heavy atom. The molecule has 0 radical (unpaired) electrons. The molecule has 0 spiro atoms. The minimum absolute atomic E-state index is 0.0154. The van der Waals surface area contributed by atoms with Gasteiger partial charge in [-0.25, -0.2) is 0 Å². The number of hydrogen-bond acceptors (Lipinski definition) is 5. The van der Waals surface area contributed by atoms with E-state index in [0.29, 0.717) is 18.5 Å². The Morgan fingerprint density at radius 1 is 1.17 bits per heavy atom. The van der Waals surface area contributed by atoms with Gasteiger partial charge in [-0.2, -0.15) is 0 Å². The van der Waals surface area contributed by atoms with Gasteiger partial charge in [-0.1, -0.05) is 31.6 Å². The summed E-state index contributed by atoms with van der Waals surface area (Å²) in [6, 6.07) is 5.70. The van der Waals surface area contributed by atoms with Gasteiger partial charge in [0.2, 0.25) is 23.6 Å². The van der Waals surface area contributed by atoms with Crippen molar-refractivity contribution in [3.63, 3.8) is 0 Å². The van der Waals surface area contributed by atoms with Crippen LogP contribution in [-0.2, 0) is 25.7 Å². The Morgan fingerprint density at radius 3 is 2.63 bits per heavy atom. The fraction of sp³-hybridized carbons (Fsp3) is 0.538. The molecule has 2 aliphatic rings. The number of hydrogen-bond donors (Lipinski definition) is 3. The van der Waals surface area contributed by atoms with Crippen molar-refractivity contribution in [1.29, 1.82) is 0 Å². The van der Waals surface area contributed by atoms with Crippen molar-refractivity contribution in [2.24, 2.45) is 0 Å². The third kappa shape index (κ3) is 6.69. The van der Waals surface area contributed by atoms with E-state index < -0.39 is 12.1 Å². The summed E-state index contributed by atoms with van der Waals surface area (Å²) >= 11 is 0. The third-order valence-corrected chi connectivity index (χ3v) is 6.96. The molecule has 2 fully saturated rings. The van der Waals surface area contributed by atoms with Crippen molar-refractivity contribution in [3.8, 4) is 0 Å². The van der Waals surface area contributed by atoms with E-state index in [1.165, 1.54) is 6.08 Å². The van der Waals surface area contributed by atoms with Gasteiger partial charge in [0.05, 0.1) is 6.04 Å². The van der Waals surface area contributed by atoms with E-state index in [2.05, 4.69) is 22.5 Å². The molecule has 35 heavy (non-hydrogen) atoms. The number of likely N-dealkylation sites (N-methyl/N-ethyl adjacent to an activating group) is 1. The summed E-state index contributed by atoms with van der Waals surface area (Å²) in [5.41, 5.74) is 1.45. The molecule has 0 aliphatic carbocycles. The number of nitrogens with zero attached hydrogens (tertiary/aromatic N) is 2. The smallest absolute Gasteiger partial charge is 0.247 e. The van der Waals surface area contributed by atoms with Gasteiger partial charge in [0.15, 0.2) is 0 Å². The van der Waals surface area contributed by atoms with Crippen molar-refractivity contribution >= 4 is 29.3 Å². The molecule has 2 saturated heterocycles. The monoisotopic (exact) mass is 483 g/mol. The maximum atomic E-state index is 13.5. The van der Waals surface area contributed by atoms with Crippen molar-refractivity contribution in [3.05, 3.63) is 42.5 Å². The molecule has 190 valence electrons. The minimum Gasteiger partial charge on any atom is -0.350 e. The van der Waals surface area contributed by atoms with E-state index >= 15 is 0 Å². The topological polar surface area (TPSA) is 111 Å². The van der Waals surface area contributed by atoms with Crippen molar-refractivity contribution < 1.29 is 19.2 Å². The first-order chi connectivity index (χ1) is 16.7. The maximum Gasteiger partial charge on any atom is 0.247 e. The zero-order chi connectivity index (χ0) is 25.5. The number of carbonyl (C=O) groups is 4. The molecule has 3 rings (SSSR count). The van der Waals surface area contributed by atoms with Crippen LogP contribution in [0.5, 0.6) is 0 Å². The summed E-state index contributed by atoms with van der Waals surface area (Å²) in [7, 11) is 3.65. The van der Waals surface area contributed by atoms with Crippen LogP contribution in [-0.4, -0.2) is 71.7 Å². The fourth-order valence-corrected chi connectivity index (χ4v) is 4.71. The number of benzene rings is 1. The lowest BCUT2D eigenvalue weighted by Gasteiger charge is -2.35. The molecular formula is C26H37N5O4. The number of fused-ring (bicyclic) bond motifs is 1. The van der Waals surface area contributed by atoms with Crippen LogP contribution in [0.25, 0.3) is 0 Å². The first-order valence-corrected chi connectivity index (χ1v) is 12.3. The zero-order valence-corrected chi connectivity index (χ0v) is 20.9. The van der Waals surface area contributed by atoms with Crippen LogP contribution >= 0.6 is 0 Å². The van der Waals surface area contributed by atoms with Crippen LogP contribution in [0.3, 0.4) is 0 Å². The highest BCUT2D eigenvalue weighted by Crippen LogP contribution is 2.31. The van der Waals surface area contributed by atoms with Crippen LogP contribution in [0.2, 0.25) is 0 Å². The van der Waals surface area contributed by atoms with Gasteiger partial charge in [-0.15, -0.1) is 0 Å². The molecule has 1 aromatic rings. The van der Waals surface area contributed by atoms with Crippen LogP contribution in [0.15, 0.2) is 36.9 Å². The molecule has 3 N–H and O–H groups in total. The molecule has 2 aliphatic heterocycles. The van der Waals surface area contributed by atoms with Gasteiger partial charge in [-0.3, -0.25) is 24.1 Å². The average Bonchev–Trinajstić information content (AvgIpc) is 3.25. The van der Waals surface area contributed by atoms with E-state index in [1.54, 1.807) is 34.9 Å². The Labute approximate surface area is 207 Å². The van der Waals surface area contributed by atoms with Gasteiger partial charge in [0, 0.05) is 18.3 Å². The summed E-state index contributed by atoms with van der Waals surface area (Å²) < 4.78 is 0. The maximum absolute atomic E-state index is 13.5. The molecule has 0 bridgehead atoms. The predicted molar refractivity (Wildman–Crippen MR) is 134 cm³/mol. The van der Waals surface area contributed by atoms with E-state index in [1.807, 2.05) is 20.2 Å². The Kier molecular flexibility index (Phi) is 9.03. The number of carbonyl (C=O) groups excluding carboxylic acids is 4. The zero-order valence-electron chi connectivity index (χ0n) is 20.9. The van der Waals surface area contributed by atoms with Gasteiger partial charge in [-0.05, 0) is 70.5 Å². The second-order valence-corrected chi connectivity index (χ2v) is 9.59. The summed E-state index contributed by atoms with van der Waals surface area (Å²) in [4.78, 5) is 54.4. The van der Waals surface area contributed by atoms with Gasteiger partial charge in [0.1, 0.15) is 12.1 Å². The quantitative estimate of drug-likeness (QED) is 0.489. The highest BCUT2D eigenvalue weighted by molar-refractivity contribution is 5.99. The number of anilines is 1. The first kappa shape index (κ1) is 26.4. The van der Waals surface area contributed by atoms with E-state index in [9.17, 15) is 19.2 Å². The normalized spacial score (nSPS) is 23.0. The lowest BCUT2D eigenvalue weighted by Crippen LogP contribution is -2.57. The van der Waals surface area contributed by atoms with Gasteiger partial charge < -0.3 is 20.9 Å². The fourth-order valence-electron chi connectivity index (χ4n) is 4.71. The highest BCUT2D eigenvalue weighted by atomic mass is 16.2. The molecule has 9 nitrogen and oxygen atoms in total. The molecule has 2 heterocycles. The Hall–Kier alpha value is -3.20. The van der Waals surface area contributed by atoms with Crippen LogP contribution in [0, 0.1) is 0 Å². The summed E-state index contributed by atoms with van der Waals surface area (Å²) in [6.45, 7) is 5.52. The average molecular weight is 484 g/mol. The number of amides is 4. The van der Waals surface area contributed by atoms with Crippen molar-refractivity contribution in [1.82, 2.24) is 20.4 Å². The van der Waals surface area contributed by atoms with Crippen LogP contribution < -0.4 is 16.0 Å². The van der Waals surface area contributed by atoms with Crippen molar-refractivity contribution in [2.75, 3.05) is 19.4 Å². The van der Waals surface area contributed by atoms with Gasteiger partial charge in [0.25, 0.3) is 0 Å². The molecular weight excluding hydrogens is 446 g/mol. The number of rotatable bonds is 8. The highest BCUT2D eigenvalue weighted by Gasteiger charge is 2.43. The van der Waals surface area contributed by atoms with Crippen LogP contribution in [0.1, 0.15) is 51.0 Å². The standard InChI is InChI=1S/C26H37N5O4/c1-5-23(32)28-19-10-8-9-18(15-19)16-27-25(34)22-14-13-20-11-6-7-12-21(26(35)31(20)22)29-24(33)17(2)30(3)4/h5,8-10,15,17,20-22H,1,6-7,11-14,16H2,2-4H3,(H,27,34)(H,28,32)(H,29,33)/t17-,20-,21-,22-/m0/s1. The van der Waals surface area contributed by atoms with Crippen molar-refractivity contribution in [2.45, 2.75) is 76.2 Å². The SMILES string of the molecule is C=CC(=O)Nc1cccc(CNC(=O)[C@@H]2CC[C@@H]3CCCC[C@H](NC(=O)[C@H](C)N(C)C)C(=O)N32)c1. The third-order valence-electron chi connectivity index (χ3n) is 6.96. The minimum atomic E-state index is -0.619. The molecule has 1 aromatic carbocycles. The predicted octanol–water partition coefficient (Wildman–Crippen LogP) is 1.80. The summed E-state index contributed by atoms with van der Waals surface area (Å²) in [5, 5.41) is 8.59. The van der Waals surface area contributed by atoms with Gasteiger partial charge >= 0.3 is 0 Å². The number of nitrogens with one attached hydrogen (secondary N) is 3.